The van der Waals surface area contributed by atoms with Crippen LogP contribution in [-0.4, -0.2) is 49.2 Å². The molecule has 1 saturated carbocycles. The number of piperidine rings is 1. The Bertz CT molecular complexity index is 1010. The topological polar surface area (TPSA) is 55.8 Å². The highest BCUT2D eigenvalue weighted by molar-refractivity contribution is 5.73. The van der Waals surface area contributed by atoms with Crippen molar-refractivity contribution in [3.8, 4) is 0 Å². The Morgan fingerprint density at radius 2 is 1.02 bits per heavy atom. The first-order valence-corrected chi connectivity index (χ1v) is 24.2. The number of likely N-dealkylation sites (tertiary alicyclic amines) is 1. The van der Waals surface area contributed by atoms with Crippen LogP contribution in [0.4, 0.5) is 0 Å². The van der Waals surface area contributed by atoms with E-state index in [0.29, 0.717) is 6.42 Å². The fourth-order valence-corrected chi connectivity index (χ4v) is 8.28. The van der Waals surface area contributed by atoms with Gasteiger partial charge in [0.1, 0.15) is 12.2 Å². The first-order valence-electron chi connectivity index (χ1n) is 24.2. The molecular formula is C51H89NO4. The Balaban J connectivity index is 1.63. The van der Waals surface area contributed by atoms with Crippen molar-refractivity contribution >= 4 is 11.9 Å². The van der Waals surface area contributed by atoms with Crippen molar-refractivity contribution < 1.29 is 19.1 Å². The lowest BCUT2D eigenvalue weighted by atomic mass is 9.97. The molecule has 0 N–H and O–H groups in total. The van der Waals surface area contributed by atoms with E-state index >= 15 is 0 Å². The minimum absolute atomic E-state index is 0.0204. The fraction of sp³-hybridized carbons (Fsp3) is 0.804. The zero-order valence-electron chi connectivity index (χ0n) is 37.1. The van der Waals surface area contributed by atoms with E-state index in [2.05, 4.69) is 74.4 Å². The molecule has 1 aliphatic carbocycles. The highest BCUT2D eigenvalue weighted by Gasteiger charge is 2.33. The van der Waals surface area contributed by atoms with Gasteiger partial charge in [0.05, 0.1) is 5.92 Å². The summed E-state index contributed by atoms with van der Waals surface area (Å²) in [4.78, 5) is 28.3. The highest BCUT2D eigenvalue weighted by Crippen LogP contribution is 2.32. The zero-order chi connectivity index (χ0) is 40.2. The molecule has 1 heterocycles. The first-order chi connectivity index (χ1) is 27.5. The summed E-state index contributed by atoms with van der Waals surface area (Å²) >= 11 is 0. The number of carbonyl (C=O) groups is 2. The van der Waals surface area contributed by atoms with Gasteiger partial charge in [-0.25, -0.2) is 0 Å². The molecule has 322 valence electrons. The van der Waals surface area contributed by atoms with Crippen LogP contribution in [0.2, 0.25) is 0 Å². The van der Waals surface area contributed by atoms with Crippen LogP contribution < -0.4 is 0 Å². The number of hydrogen-bond acceptors (Lipinski definition) is 5. The van der Waals surface area contributed by atoms with Gasteiger partial charge in [0.25, 0.3) is 0 Å². The van der Waals surface area contributed by atoms with Crippen molar-refractivity contribution in [3.63, 3.8) is 0 Å². The Labute approximate surface area is 347 Å². The second-order valence-corrected chi connectivity index (χ2v) is 17.4. The van der Waals surface area contributed by atoms with Crippen LogP contribution in [0, 0.1) is 11.8 Å². The van der Waals surface area contributed by atoms with Crippen LogP contribution in [0.1, 0.15) is 219 Å². The fourth-order valence-electron chi connectivity index (χ4n) is 8.28. The SMILES string of the molecule is CCCCC/C=C\C/C=C\CCCCCCCCC(CCCCCCCC/C=C\C/C=C\CCCCC)OC(=O)CC1CCC(OC(=O)C2CCN(C)CC2)C1. The molecule has 0 aromatic heterocycles. The van der Waals surface area contributed by atoms with Gasteiger partial charge in [-0.15, -0.1) is 0 Å². The van der Waals surface area contributed by atoms with Gasteiger partial charge >= 0.3 is 11.9 Å². The Morgan fingerprint density at radius 3 is 1.50 bits per heavy atom. The van der Waals surface area contributed by atoms with Crippen molar-refractivity contribution in [2.75, 3.05) is 20.1 Å². The van der Waals surface area contributed by atoms with Gasteiger partial charge in [-0.3, -0.25) is 9.59 Å². The molecule has 0 radical (unpaired) electrons. The van der Waals surface area contributed by atoms with E-state index < -0.39 is 0 Å². The van der Waals surface area contributed by atoms with Crippen LogP contribution >= 0.6 is 0 Å². The molecule has 5 heteroatoms. The molecule has 1 aliphatic heterocycles. The molecule has 0 bridgehead atoms. The third-order valence-corrected chi connectivity index (χ3v) is 12.0. The molecule has 1 saturated heterocycles. The molecule has 0 amide bonds. The molecule has 2 fully saturated rings. The lowest BCUT2D eigenvalue weighted by molar-refractivity contribution is -0.155. The third-order valence-electron chi connectivity index (χ3n) is 12.0. The van der Waals surface area contributed by atoms with Crippen molar-refractivity contribution in [1.82, 2.24) is 4.90 Å². The van der Waals surface area contributed by atoms with E-state index in [1.807, 2.05) is 0 Å². The van der Waals surface area contributed by atoms with E-state index in [1.54, 1.807) is 0 Å². The van der Waals surface area contributed by atoms with Crippen LogP contribution in [0.5, 0.6) is 0 Å². The molecule has 56 heavy (non-hydrogen) atoms. The molecule has 0 aromatic rings. The molecule has 2 unspecified atom stereocenters. The smallest absolute Gasteiger partial charge is 0.309 e. The maximum Gasteiger partial charge on any atom is 0.309 e. The summed E-state index contributed by atoms with van der Waals surface area (Å²) in [5.74, 6) is 0.243. The van der Waals surface area contributed by atoms with Crippen LogP contribution in [0.3, 0.4) is 0 Å². The minimum atomic E-state index is -0.0395. The number of rotatable bonds is 35. The quantitative estimate of drug-likeness (QED) is 0.0364. The number of ether oxygens (including phenoxy) is 2. The number of nitrogens with zero attached hydrogens (tertiary/aromatic N) is 1. The summed E-state index contributed by atoms with van der Waals surface area (Å²) in [6.45, 7) is 6.45. The summed E-state index contributed by atoms with van der Waals surface area (Å²) in [7, 11) is 2.11. The third kappa shape index (κ3) is 28.3. The summed E-state index contributed by atoms with van der Waals surface area (Å²) in [6, 6.07) is 0. The van der Waals surface area contributed by atoms with Gasteiger partial charge in [0.2, 0.25) is 0 Å². The van der Waals surface area contributed by atoms with Crippen molar-refractivity contribution in [1.29, 1.82) is 0 Å². The summed E-state index contributed by atoms with van der Waals surface area (Å²) < 4.78 is 12.1. The summed E-state index contributed by atoms with van der Waals surface area (Å²) in [5, 5.41) is 0. The standard InChI is InChI=1S/C51H89NO4/c1-4-6-8-10-12-14-16-18-20-22-24-26-28-30-32-34-36-48(37-35-33-31-29-27-25-23-21-19-17-15-13-11-9-7-5-2)55-50(53)45-46-38-39-49(44-46)56-51(54)47-40-42-52(3)43-41-47/h12-15,18-21,46-49H,4-11,16-17,22-45H2,1-3H3/b14-12-,15-13-,20-18-,21-19-. The number of esters is 2. The predicted octanol–water partition coefficient (Wildman–Crippen LogP) is 14.7. The van der Waals surface area contributed by atoms with Gasteiger partial charge in [0.15, 0.2) is 0 Å². The van der Waals surface area contributed by atoms with E-state index in [4.69, 9.17) is 9.47 Å². The van der Waals surface area contributed by atoms with Crippen LogP contribution in [0.15, 0.2) is 48.6 Å². The maximum atomic E-state index is 13.2. The molecule has 2 rings (SSSR count). The van der Waals surface area contributed by atoms with E-state index in [0.717, 1.165) is 83.7 Å². The summed E-state index contributed by atoms with van der Waals surface area (Å²) in [6.07, 6.45) is 55.5. The predicted molar refractivity (Wildman–Crippen MR) is 240 cm³/mol. The zero-order valence-corrected chi connectivity index (χ0v) is 37.1. The Morgan fingerprint density at radius 1 is 0.571 bits per heavy atom. The highest BCUT2D eigenvalue weighted by atomic mass is 16.5. The van der Waals surface area contributed by atoms with Crippen LogP contribution in [0.25, 0.3) is 0 Å². The summed E-state index contributed by atoms with van der Waals surface area (Å²) in [5.41, 5.74) is 0. The van der Waals surface area contributed by atoms with Gasteiger partial charge in [-0.1, -0.05) is 140 Å². The number of unbranched alkanes of at least 4 members (excludes halogenated alkanes) is 18. The van der Waals surface area contributed by atoms with Gasteiger partial charge in [-0.2, -0.15) is 0 Å². The lowest BCUT2D eigenvalue weighted by Crippen LogP contribution is -2.35. The maximum absolute atomic E-state index is 13.2. The van der Waals surface area contributed by atoms with Crippen molar-refractivity contribution in [2.45, 2.75) is 232 Å². The minimum Gasteiger partial charge on any atom is -0.462 e. The second-order valence-electron chi connectivity index (χ2n) is 17.4. The van der Waals surface area contributed by atoms with E-state index in [-0.39, 0.29) is 36.0 Å². The van der Waals surface area contributed by atoms with Gasteiger partial charge < -0.3 is 14.4 Å². The van der Waals surface area contributed by atoms with E-state index in [9.17, 15) is 9.59 Å². The average Bonchev–Trinajstić information content (AvgIpc) is 3.63. The van der Waals surface area contributed by atoms with Gasteiger partial charge in [-0.05, 0) is 148 Å². The van der Waals surface area contributed by atoms with Crippen molar-refractivity contribution in [3.05, 3.63) is 48.6 Å². The Hall–Kier alpha value is -2.14. The van der Waals surface area contributed by atoms with Gasteiger partial charge in [0, 0.05) is 6.42 Å². The second kappa shape index (κ2) is 36.0. The van der Waals surface area contributed by atoms with Crippen LogP contribution in [-0.2, 0) is 19.1 Å². The molecule has 0 aromatic carbocycles. The largest absolute Gasteiger partial charge is 0.462 e. The Kier molecular flexibility index (Phi) is 32.1. The van der Waals surface area contributed by atoms with E-state index in [1.165, 1.54) is 128 Å². The average molecular weight is 780 g/mol. The molecule has 5 nitrogen and oxygen atoms in total. The molecule has 2 atom stereocenters. The molecule has 2 aliphatic rings. The number of carbonyl (C=O) groups excluding carboxylic acids is 2. The molecular weight excluding hydrogens is 691 g/mol. The normalized spacial score (nSPS) is 18.5. The first kappa shape index (κ1) is 50.0. The number of allylic oxidation sites excluding steroid dienone is 8. The molecule has 0 spiro atoms. The monoisotopic (exact) mass is 780 g/mol. The lowest BCUT2D eigenvalue weighted by Gasteiger charge is -2.28. The van der Waals surface area contributed by atoms with Crippen molar-refractivity contribution in [2.24, 2.45) is 11.8 Å². The number of hydrogen-bond donors (Lipinski definition) is 0.